The molecule has 3 nitrogen and oxygen atoms in total. The second-order valence-electron chi connectivity index (χ2n) is 12.9. The molecule has 0 heterocycles. The molecular formula is C25H42O3Si. The fourth-order valence-electron chi connectivity index (χ4n) is 9.89. The van der Waals surface area contributed by atoms with Crippen molar-refractivity contribution in [1.82, 2.24) is 0 Å². The van der Waals surface area contributed by atoms with Gasteiger partial charge in [0.15, 0.2) is 0 Å². The first-order valence-corrected chi connectivity index (χ1v) is 14.3. The maximum absolute atomic E-state index is 12.6. The highest BCUT2D eigenvalue weighted by molar-refractivity contribution is 6.77. The van der Waals surface area contributed by atoms with Gasteiger partial charge in [0.1, 0.15) is 5.60 Å². The summed E-state index contributed by atoms with van der Waals surface area (Å²) in [5, 5.41) is 24.2. The molecule has 0 radical (unpaired) electrons. The first-order chi connectivity index (χ1) is 13.4. The van der Waals surface area contributed by atoms with Gasteiger partial charge in [0.25, 0.3) is 0 Å². The van der Waals surface area contributed by atoms with Gasteiger partial charge in [-0.05, 0) is 58.6 Å². The lowest BCUT2D eigenvalue weighted by Gasteiger charge is -2.51. The lowest BCUT2D eigenvalue weighted by atomic mass is 9.67. The van der Waals surface area contributed by atoms with Crippen molar-refractivity contribution in [3.05, 3.63) is 12.2 Å². The van der Waals surface area contributed by atoms with E-state index in [1.54, 1.807) is 0 Å². The molecule has 0 saturated heterocycles. The first-order valence-electron chi connectivity index (χ1n) is 12.1. The van der Waals surface area contributed by atoms with Gasteiger partial charge < -0.3 is 14.6 Å². The maximum Gasteiger partial charge on any atom is 0.200 e. The van der Waals surface area contributed by atoms with Gasteiger partial charge in [0, 0.05) is 11.3 Å². The van der Waals surface area contributed by atoms with Crippen molar-refractivity contribution in [3.63, 3.8) is 0 Å². The summed E-state index contributed by atoms with van der Waals surface area (Å²) in [5.41, 5.74) is 0.0307. The van der Waals surface area contributed by atoms with Crippen molar-refractivity contribution >= 4 is 8.32 Å². The fraction of sp³-hybridized carbons (Fsp3) is 0.920. The van der Waals surface area contributed by atoms with Gasteiger partial charge in [0.05, 0.1) is 12.2 Å². The van der Waals surface area contributed by atoms with E-state index in [1.807, 2.05) is 0 Å². The van der Waals surface area contributed by atoms with Crippen LogP contribution in [0.3, 0.4) is 0 Å². The van der Waals surface area contributed by atoms with Crippen molar-refractivity contribution in [1.29, 1.82) is 0 Å². The Morgan fingerprint density at radius 2 is 1.52 bits per heavy atom. The van der Waals surface area contributed by atoms with Gasteiger partial charge in [-0.1, -0.05) is 67.5 Å². The summed E-state index contributed by atoms with van der Waals surface area (Å²) in [6.45, 7) is 18.5. The topological polar surface area (TPSA) is 49.7 Å². The molecule has 6 aliphatic rings. The highest BCUT2D eigenvalue weighted by Crippen LogP contribution is 2.84. The molecule has 6 rings (SSSR count). The average molecular weight is 419 g/mol. The van der Waals surface area contributed by atoms with Crippen LogP contribution in [0.1, 0.15) is 68.2 Å². The van der Waals surface area contributed by atoms with Crippen LogP contribution >= 0.6 is 0 Å². The molecule has 9 atom stereocenters. The minimum atomic E-state index is -2.18. The molecule has 4 saturated carbocycles. The third-order valence-corrected chi connectivity index (χ3v) is 16.5. The molecule has 4 fully saturated rings. The second-order valence-corrected chi connectivity index (χ2v) is 18.3. The van der Waals surface area contributed by atoms with Gasteiger partial charge in [-0.3, -0.25) is 0 Å². The molecule has 0 aromatic rings. The van der Waals surface area contributed by atoms with Crippen molar-refractivity contribution in [2.75, 3.05) is 0 Å². The van der Waals surface area contributed by atoms with Crippen LogP contribution in [0.15, 0.2) is 12.2 Å². The Labute approximate surface area is 178 Å². The van der Waals surface area contributed by atoms with E-state index in [1.165, 1.54) is 6.42 Å². The van der Waals surface area contributed by atoms with Crippen LogP contribution in [0.2, 0.25) is 16.6 Å². The predicted molar refractivity (Wildman–Crippen MR) is 119 cm³/mol. The molecule has 1 spiro atoms. The zero-order chi connectivity index (χ0) is 21.3. The normalized spacial score (nSPS) is 51.3. The number of aliphatic hydroxyl groups excluding tert-OH is 1. The zero-order valence-corrected chi connectivity index (χ0v) is 20.6. The zero-order valence-electron chi connectivity index (χ0n) is 19.6. The number of allylic oxidation sites excluding steroid dienone is 1. The van der Waals surface area contributed by atoms with Crippen molar-refractivity contribution < 1.29 is 14.6 Å². The predicted octanol–water partition coefficient (Wildman–Crippen LogP) is 5.14. The summed E-state index contributed by atoms with van der Waals surface area (Å²) in [4.78, 5) is 0. The van der Waals surface area contributed by atoms with Gasteiger partial charge in [-0.25, -0.2) is 0 Å². The molecule has 0 amide bonds. The van der Waals surface area contributed by atoms with Gasteiger partial charge in [-0.2, -0.15) is 0 Å². The quantitative estimate of drug-likeness (QED) is 0.480. The fourth-order valence-corrected chi connectivity index (χ4v) is 15.6. The summed E-state index contributed by atoms with van der Waals surface area (Å²) in [5.74, 6) is 2.45. The standard InChI is InChI=1S/C25H42O3Si/c1-13(2)29(14(3)4,15(5)6)28-22-23(7,8)12-24-19-11-18-16(20(18)24)9-10-17(19)21(26)25(22,24)27/h9-10,13-22,26-27H,11-12H2,1-8H3/t16-,17+,18+,19-,20+,21+,22+,24+,25-/m0/s1. The Hall–Kier alpha value is -0.163. The van der Waals surface area contributed by atoms with Crippen molar-refractivity contribution in [2.45, 2.75) is 103 Å². The van der Waals surface area contributed by atoms with Crippen LogP contribution in [-0.4, -0.2) is 36.3 Å². The Kier molecular flexibility index (Phi) is 4.14. The van der Waals surface area contributed by atoms with Gasteiger partial charge in [0.2, 0.25) is 8.32 Å². The third kappa shape index (κ3) is 2.07. The number of hydrogen-bond donors (Lipinski definition) is 2. The van der Waals surface area contributed by atoms with Gasteiger partial charge in [-0.15, -0.1) is 0 Å². The van der Waals surface area contributed by atoms with E-state index in [4.69, 9.17) is 4.43 Å². The molecule has 4 heteroatoms. The highest BCUT2D eigenvalue weighted by Gasteiger charge is 2.87. The Bertz CT molecular complexity index is 721. The third-order valence-electron chi connectivity index (χ3n) is 10.5. The minimum Gasteiger partial charge on any atom is -0.410 e. The van der Waals surface area contributed by atoms with E-state index in [9.17, 15) is 10.2 Å². The summed E-state index contributed by atoms with van der Waals surface area (Å²) >= 11 is 0. The molecule has 0 aromatic heterocycles. The summed E-state index contributed by atoms with van der Waals surface area (Å²) in [7, 11) is -2.18. The van der Waals surface area contributed by atoms with E-state index >= 15 is 0 Å². The van der Waals surface area contributed by atoms with Crippen molar-refractivity contribution in [3.8, 4) is 0 Å². The molecule has 164 valence electrons. The molecule has 6 bridgehead atoms. The largest absolute Gasteiger partial charge is 0.410 e. The van der Waals surface area contributed by atoms with Crippen LogP contribution in [-0.2, 0) is 4.43 Å². The highest BCUT2D eigenvalue weighted by atomic mass is 28.4. The van der Waals surface area contributed by atoms with Crippen LogP contribution in [0.25, 0.3) is 0 Å². The molecule has 6 aliphatic carbocycles. The van der Waals surface area contributed by atoms with E-state index in [0.717, 1.165) is 12.3 Å². The summed E-state index contributed by atoms with van der Waals surface area (Å²) < 4.78 is 7.37. The monoisotopic (exact) mass is 418 g/mol. The molecule has 2 N–H and O–H groups in total. The average Bonchev–Trinajstić information content (AvgIpc) is 3.16. The lowest BCUT2D eigenvalue weighted by molar-refractivity contribution is -0.174. The smallest absolute Gasteiger partial charge is 0.200 e. The number of rotatable bonds is 5. The van der Waals surface area contributed by atoms with E-state index in [2.05, 4.69) is 67.5 Å². The maximum atomic E-state index is 12.6. The SMILES string of the molecule is CC(C)[Si](O[C@@H]1C(C)(C)C[C@@]23[C@@H]4[C@H]5C=C[C@@H]([C@@H](O)[C@]12O)[C@@H]3C[C@H]54)(C(C)C)C(C)C. The van der Waals surface area contributed by atoms with Crippen LogP contribution in [0, 0.1) is 40.4 Å². The van der Waals surface area contributed by atoms with Crippen LogP contribution in [0.5, 0.6) is 0 Å². The Morgan fingerprint density at radius 1 is 0.966 bits per heavy atom. The Morgan fingerprint density at radius 3 is 2.07 bits per heavy atom. The summed E-state index contributed by atoms with van der Waals surface area (Å²) in [6, 6.07) is 0. The van der Waals surface area contributed by atoms with E-state index in [-0.39, 0.29) is 22.9 Å². The minimum absolute atomic E-state index is 0.107. The molecule has 0 aliphatic heterocycles. The number of hydrogen-bond acceptors (Lipinski definition) is 3. The van der Waals surface area contributed by atoms with E-state index in [0.29, 0.717) is 34.4 Å². The van der Waals surface area contributed by atoms with Crippen molar-refractivity contribution in [2.24, 2.45) is 40.4 Å². The number of aliphatic hydroxyl groups is 2. The molecule has 0 unspecified atom stereocenters. The summed E-state index contributed by atoms with van der Waals surface area (Å²) in [6.07, 6.45) is 5.87. The lowest BCUT2D eigenvalue weighted by Crippen LogP contribution is -2.63. The molecule has 0 aromatic carbocycles. The Balaban J connectivity index is 1.64. The van der Waals surface area contributed by atoms with Crippen LogP contribution in [0.4, 0.5) is 0 Å². The first kappa shape index (κ1) is 20.7. The van der Waals surface area contributed by atoms with Gasteiger partial charge >= 0.3 is 0 Å². The van der Waals surface area contributed by atoms with E-state index < -0.39 is 20.0 Å². The second kappa shape index (κ2) is 5.79. The van der Waals surface area contributed by atoms with Crippen LogP contribution < -0.4 is 0 Å². The molecular weight excluding hydrogens is 376 g/mol. The molecule has 29 heavy (non-hydrogen) atoms.